The summed E-state index contributed by atoms with van der Waals surface area (Å²) in [7, 11) is 0. The second kappa shape index (κ2) is 15.2. The van der Waals surface area contributed by atoms with Gasteiger partial charge in [0.05, 0.1) is 16.4 Å². The standard InChI is InChI=1S/C37H27N5O5S2/c43-34(41-37-40-33(22-49-37)28-13-12-25-6-4-5-9-27(25)21-28)23-48-31-18-14-29(15-19-31)38-36(45)32(39-35(44)26-7-2-1-3-8-26)20-24-10-16-30(17-11-24)42(46)47/h1-22H,23H2,(H,38,45)(H,39,44)(H,40,41,43)/b32-20-. The van der Waals surface area contributed by atoms with Crippen LogP contribution in [0.4, 0.5) is 16.5 Å². The Morgan fingerprint density at radius 3 is 2.27 bits per heavy atom. The number of amides is 3. The van der Waals surface area contributed by atoms with Crippen molar-refractivity contribution in [3.63, 3.8) is 0 Å². The number of non-ortho nitro benzene ring substituents is 1. The second-order valence-corrected chi connectivity index (χ2v) is 12.5. The highest BCUT2D eigenvalue weighted by Gasteiger charge is 2.16. The summed E-state index contributed by atoms with van der Waals surface area (Å²) >= 11 is 2.70. The fraction of sp³-hybridized carbons (Fsp3) is 0.0270. The van der Waals surface area contributed by atoms with E-state index in [1.165, 1.54) is 53.4 Å². The molecular weight excluding hydrogens is 659 g/mol. The van der Waals surface area contributed by atoms with Crippen LogP contribution in [0.3, 0.4) is 0 Å². The third-order valence-electron chi connectivity index (χ3n) is 7.22. The highest BCUT2D eigenvalue weighted by Crippen LogP contribution is 2.28. The van der Waals surface area contributed by atoms with Gasteiger partial charge in [-0.1, -0.05) is 54.6 Å². The Morgan fingerprint density at radius 1 is 0.816 bits per heavy atom. The molecule has 10 nitrogen and oxygen atoms in total. The van der Waals surface area contributed by atoms with Gasteiger partial charge in [-0.05, 0) is 77.0 Å². The van der Waals surface area contributed by atoms with Crippen molar-refractivity contribution in [1.29, 1.82) is 0 Å². The molecule has 0 saturated carbocycles. The van der Waals surface area contributed by atoms with Crippen LogP contribution in [-0.4, -0.2) is 33.4 Å². The summed E-state index contributed by atoms with van der Waals surface area (Å²) in [5.41, 5.74) is 2.93. The lowest BCUT2D eigenvalue weighted by Gasteiger charge is -2.12. The molecule has 12 heteroatoms. The predicted octanol–water partition coefficient (Wildman–Crippen LogP) is 8.01. The van der Waals surface area contributed by atoms with Crippen molar-refractivity contribution in [3.05, 3.63) is 154 Å². The Balaban J connectivity index is 1.06. The Hall–Kier alpha value is -6.11. The SMILES string of the molecule is O=C(CSc1ccc(NC(=O)/C(=C/c2ccc([N+](=O)[O-])cc2)NC(=O)c2ccccc2)cc1)Nc1nc(-c2ccc3ccccc3c2)cs1. The van der Waals surface area contributed by atoms with Crippen molar-refractivity contribution in [2.45, 2.75) is 4.90 Å². The van der Waals surface area contributed by atoms with Crippen LogP contribution in [0.5, 0.6) is 0 Å². The molecule has 3 N–H and O–H groups in total. The van der Waals surface area contributed by atoms with Gasteiger partial charge in [-0.2, -0.15) is 0 Å². The number of nitrogens with zero attached hydrogens (tertiary/aromatic N) is 2. The lowest BCUT2D eigenvalue weighted by molar-refractivity contribution is -0.384. The number of carbonyl (C=O) groups is 3. The number of aromatic nitrogens is 1. The molecular formula is C37H27N5O5S2. The molecule has 0 bridgehead atoms. The van der Waals surface area contributed by atoms with Crippen molar-refractivity contribution >= 4 is 74.2 Å². The van der Waals surface area contributed by atoms with E-state index in [1.807, 2.05) is 23.6 Å². The molecule has 5 aromatic carbocycles. The molecule has 0 aliphatic heterocycles. The van der Waals surface area contributed by atoms with Gasteiger partial charge >= 0.3 is 0 Å². The predicted molar refractivity (Wildman–Crippen MR) is 194 cm³/mol. The topological polar surface area (TPSA) is 143 Å². The van der Waals surface area contributed by atoms with E-state index >= 15 is 0 Å². The molecule has 0 aliphatic rings. The summed E-state index contributed by atoms with van der Waals surface area (Å²) in [6.45, 7) is 0. The van der Waals surface area contributed by atoms with Crippen molar-refractivity contribution in [1.82, 2.24) is 10.3 Å². The number of benzene rings is 5. The van der Waals surface area contributed by atoms with Crippen LogP contribution in [0.25, 0.3) is 28.1 Å². The van der Waals surface area contributed by atoms with Gasteiger partial charge in [0.25, 0.3) is 17.5 Å². The summed E-state index contributed by atoms with van der Waals surface area (Å²) in [4.78, 5) is 54.8. The van der Waals surface area contributed by atoms with Crippen LogP contribution < -0.4 is 16.0 Å². The van der Waals surface area contributed by atoms with E-state index < -0.39 is 16.7 Å². The first-order valence-electron chi connectivity index (χ1n) is 14.9. The number of nitrogens with one attached hydrogen (secondary N) is 3. The van der Waals surface area contributed by atoms with Crippen LogP contribution in [-0.2, 0) is 9.59 Å². The fourth-order valence-corrected chi connectivity index (χ4v) is 6.19. The summed E-state index contributed by atoms with van der Waals surface area (Å²) < 4.78 is 0. The van der Waals surface area contributed by atoms with E-state index in [2.05, 4.69) is 45.2 Å². The lowest BCUT2D eigenvalue weighted by Crippen LogP contribution is -2.30. The Labute approximate surface area is 289 Å². The first kappa shape index (κ1) is 32.8. The van der Waals surface area contributed by atoms with Gasteiger partial charge in [-0.25, -0.2) is 4.98 Å². The summed E-state index contributed by atoms with van der Waals surface area (Å²) in [5, 5.41) is 24.0. The van der Waals surface area contributed by atoms with Gasteiger partial charge in [0, 0.05) is 39.2 Å². The van der Waals surface area contributed by atoms with Gasteiger partial charge in [-0.3, -0.25) is 24.5 Å². The van der Waals surface area contributed by atoms with Crippen LogP contribution in [0.1, 0.15) is 15.9 Å². The normalized spacial score (nSPS) is 11.1. The Bertz CT molecular complexity index is 2180. The zero-order valence-corrected chi connectivity index (χ0v) is 27.3. The van der Waals surface area contributed by atoms with Gasteiger partial charge in [-0.15, -0.1) is 23.1 Å². The smallest absolute Gasteiger partial charge is 0.272 e. The maximum absolute atomic E-state index is 13.3. The number of fused-ring (bicyclic) bond motifs is 1. The summed E-state index contributed by atoms with van der Waals surface area (Å²) in [5.74, 6) is -1.12. The first-order valence-corrected chi connectivity index (χ1v) is 16.8. The molecule has 6 rings (SSSR count). The molecule has 0 aliphatic carbocycles. The van der Waals surface area contributed by atoms with Gasteiger partial charge in [0.2, 0.25) is 5.91 Å². The quantitative estimate of drug-likeness (QED) is 0.0543. The lowest BCUT2D eigenvalue weighted by atomic mass is 10.1. The minimum atomic E-state index is -0.589. The summed E-state index contributed by atoms with van der Waals surface area (Å²) in [6, 6.07) is 35.2. The number of carbonyl (C=O) groups excluding carboxylic acids is 3. The van der Waals surface area contributed by atoms with E-state index in [9.17, 15) is 24.5 Å². The van der Waals surface area contributed by atoms with E-state index in [-0.39, 0.29) is 23.0 Å². The van der Waals surface area contributed by atoms with E-state index in [1.54, 1.807) is 54.6 Å². The number of hydrogen-bond acceptors (Lipinski definition) is 8. The van der Waals surface area contributed by atoms with Gasteiger partial charge in [0.15, 0.2) is 5.13 Å². The third-order valence-corrected chi connectivity index (χ3v) is 8.99. The first-order chi connectivity index (χ1) is 23.8. The number of thioether (sulfide) groups is 1. The maximum Gasteiger partial charge on any atom is 0.272 e. The van der Waals surface area contributed by atoms with Crippen LogP contribution >= 0.6 is 23.1 Å². The highest BCUT2D eigenvalue weighted by molar-refractivity contribution is 8.00. The number of thiazole rings is 1. The molecule has 1 heterocycles. The average molecular weight is 686 g/mol. The monoisotopic (exact) mass is 685 g/mol. The molecule has 0 fully saturated rings. The highest BCUT2D eigenvalue weighted by atomic mass is 32.2. The van der Waals surface area contributed by atoms with Crippen LogP contribution in [0.15, 0.2) is 137 Å². The molecule has 0 saturated heterocycles. The maximum atomic E-state index is 13.3. The Kier molecular flexibility index (Phi) is 10.2. The molecule has 242 valence electrons. The third kappa shape index (κ3) is 8.63. The van der Waals surface area contributed by atoms with E-state index in [0.717, 1.165) is 26.9 Å². The number of nitro groups is 1. The number of anilines is 2. The average Bonchev–Trinajstić information content (AvgIpc) is 3.59. The molecule has 49 heavy (non-hydrogen) atoms. The number of nitro benzene ring substituents is 1. The van der Waals surface area contributed by atoms with Gasteiger partial charge in [0.1, 0.15) is 5.70 Å². The molecule has 0 unspecified atom stereocenters. The number of hydrogen-bond donors (Lipinski definition) is 3. The molecule has 1 aromatic heterocycles. The fourth-order valence-electron chi connectivity index (χ4n) is 4.75. The Morgan fingerprint density at radius 2 is 1.53 bits per heavy atom. The molecule has 0 atom stereocenters. The van der Waals surface area contributed by atoms with Crippen molar-refractivity contribution < 1.29 is 19.3 Å². The molecule has 0 radical (unpaired) electrons. The zero-order valence-electron chi connectivity index (χ0n) is 25.7. The zero-order chi connectivity index (χ0) is 34.2. The van der Waals surface area contributed by atoms with Gasteiger partial charge < -0.3 is 16.0 Å². The largest absolute Gasteiger partial charge is 0.321 e. The second-order valence-electron chi connectivity index (χ2n) is 10.6. The minimum Gasteiger partial charge on any atom is -0.321 e. The van der Waals surface area contributed by atoms with Crippen molar-refractivity contribution in [3.8, 4) is 11.3 Å². The molecule has 6 aromatic rings. The van der Waals surface area contributed by atoms with Crippen LogP contribution in [0, 0.1) is 10.1 Å². The molecule has 0 spiro atoms. The molecule has 3 amide bonds. The van der Waals surface area contributed by atoms with Crippen molar-refractivity contribution in [2.24, 2.45) is 0 Å². The van der Waals surface area contributed by atoms with Crippen molar-refractivity contribution in [2.75, 3.05) is 16.4 Å². The van der Waals surface area contributed by atoms with E-state index in [0.29, 0.717) is 21.9 Å². The van der Waals surface area contributed by atoms with Crippen LogP contribution in [0.2, 0.25) is 0 Å². The van der Waals surface area contributed by atoms with E-state index in [4.69, 9.17) is 0 Å². The minimum absolute atomic E-state index is 0.0520. The summed E-state index contributed by atoms with van der Waals surface area (Å²) in [6.07, 6.45) is 1.44. The number of rotatable bonds is 11.